The molecule has 76 valence electrons. The van der Waals surface area contributed by atoms with Gasteiger partial charge < -0.3 is 10.2 Å². The lowest BCUT2D eigenvalue weighted by atomic mass is 10.1. The molecule has 0 heterocycles. The summed E-state index contributed by atoms with van der Waals surface area (Å²) in [6.45, 7) is 5.00. The molecule has 3 heteroatoms. The van der Waals surface area contributed by atoms with E-state index in [1.807, 2.05) is 0 Å². The minimum absolute atomic E-state index is 0.180. The second kappa shape index (κ2) is 8.03. The van der Waals surface area contributed by atoms with Crippen LogP contribution in [-0.4, -0.2) is 38.6 Å². The van der Waals surface area contributed by atoms with Crippen LogP contribution in [0.25, 0.3) is 0 Å². The van der Waals surface area contributed by atoms with E-state index in [9.17, 15) is 0 Å². The first-order valence-electron chi connectivity index (χ1n) is 4.95. The highest BCUT2D eigenvalue weighted by atomic mass is 15.0. The molecule has 0 radical (unpaired) electrons. The Kier molecular flexibility index (Phi) is 7.66. The maximum Gasteiger partial charge on any atom is 0.0669 e. The first-order chi connectivity index (χ1) is 6.20. The van der Waals surface area contributed by atoms with Gasteiger partial charge in [0.15, 0.2) is 0 Å². The molecule has 1 N–H and O–H groups in total. The minimum atomic E-state index is 0.180. The topological polar surface area (TPSA) is 39.1 Å². The molecule has 0 amide bonds. The lowest BCUT2D eigenvalue weighted by Gasteiger charge is -2.11. The average Bonchev–Trinajstić information content (AvgIpc) is 2.11. The van der Waals surface area contributed by atoms with E-state index in [0.717, 1.165) is 32.5 Å². The third-order valence-corrected chi connectivity index (χ3v) is 2.02. The van der Waals surface area contributed by atoms with Crippen molar-refractivity contribution in [2.24, 2.45) is 5.92 Å². The Bertz CT molecular complexity index is 149. The Morgan fingerprint density at radius 1 is 1.46 bits per heavy atom. The Labute approximate surface area is 81.7 Å². The van der Waals surface area contributed by atoms with Crippen molar-refractivity contribution >= 4 is 0 Å². The second-order valence-electron chi connectivity index (χ2n) is 3.60. The molecule has 0 saturated carbocycles. The predicted octanol–water partition coefficient (Wildman–Crippen LogP) is 1.08. The maximum absolute atomic E-state index is 8.67. The third kappa shape index (κ3) is 7.76. The molecule has 1 unspecified atom stereocenters. The van der Waals surface area contributed by atoms with Crippen LogP contribution in [0.1, 0.15) is 19.8 Å². The van der Waals surface area contributed by atoms with Gasteiger partial charge in [0.2, 0.25) is 0 Å². The molecule has 0 rings (SSSR count). The third-order valence-electron chi connectivity index (χ3n) is 2.02. The van der Waals surface area contributed by atoms with Gasteiger partial charge in [-0.2, -0.15) is 5.26 Å². The molecule has 0 aliphatic carbocycles. The van der Waals surface area contributed by atoms with Crippen molar-refractivity contribution in [3.8, 4) is 6.07 Å². The molecule has 13 heavy (non-hydrogen) atoms. The summed E-state index contributed by atoms with van der Waals surface area (Å²) in [6, 6.07) is 2.28. The van der Waals surface area contributed by atoms with E-state index in [4.69, 9.17) is 5.26 Å². The van der Waals surface area contributed by atoms with Crippen molar-refractivity contribution in [1.29, 1.82) is 5.26 Å². The van der Waals surface area contributed by atoms with Gasteiger partial charge in [-0.25, -0.2) is 0 Å². The fourth-order valence-electron chi connectivity index (χ4n) is 1.08. The first-order valence-corrected chi connectivity index (χ1v) is 4.95. The van der Waals surface area contributed by atoms with Crippen LogP contribution in [0.15, 0.2) is 0 Å². The Morgan fingerprint density at radius 2 is 2.15 bits per heavy atom. The first kappa shape index (κ1) is 12.4. The SMILES string of the molecule is CCC(C#N)CNCCCN(C)C. The Hall–Kier alpha value is -0.590. The molecule has 0 spiro atoms. The monoisotopic (exact) mass is 183 g/mol. The van der Waals surface area contributed by atoms with Crippen LogP contribution < -0.4 is 5.32 Å². The molecular weight excluding hydrogens is 162 g/mol. The number of hydrogen-bond donors (Lipinski definition) is 1. The zero-order valence-corrected chi connectivity index (χ0v) is 9.01. The van der Waals surface area contributed by atoms with Crippen LogP contribution >= 0.6 is 0 Å². The number of hydrogen-bond acceptors (Lipinski definition) is 3. The zero-order chi connectivity index (χ0) is 10.1. The summed E-state index contributed by atoms with van der Waals surface area (Å²) in [4.78, 5) is 2.17. The number of rotatable bonds is 7. The van der Waals surface area contributed by atoms with Gasteiger partial charge in [-0.3, -0.25) is 0 Å². The second-order valence-corrected chi connectivity index (χ2v) is 3.60. The van der Waals surface area contributed by atoms with Crippen LogP contribution in [0, 0.1) is 17.2 Å². The highest BCUT2D eigenvalue weighted by Crippen LogP contribution is 1.97. The van der Waals surface area contributed by atoms with Crippen LogP contribution in [0.4, 0.5) is 0 Å². The molecule has 0 aromatic carbocycles. The Balaban J connectivity index is 3.21. The predicted molar refractivity (Wildman–Crippen MR) is 55.4 cm³/mol. The van der Waals surface area contributed by atoms with Gasteiger partial charge in [0.1, 0.15) is 0 Å². The van der Waals surface area contributed by atoms with Crippen LogP contribution in [0.5, 0.6) is 0 Å². The van der Waals surface area contributed by atoms with Crippen LogP contribution in [-0.2, 0) is 0 Å². The van der Waals surface area contributed by atoms with Crippen molar-refractivity contribution in [1.82, 2.24) is 10.2 Å². The highest BCUT2D eigenvalue weighted by Gasteiger charge is 2.01. The van der Waals surface area contributed by atoms with Crippen molar-refractivity contribution in [2.45, 2.75) is 19.8 Å². The summed E-state index contributed by atoms with van der Waals surface area (Å²) in [5, 5.41) is 12.0. The van der Waals surface area contributed by atoms with E-state index in [1.165, 1.54) is 0 Å². The van der Waals surface area contributed by atoms with Gasteiger partial charge in [0.25, 0.3) is 0 Å². The van der Waals surface area contributed by atoms with E-state index < -0.39 is 0 Å². The van der Waals surface area contributed by atoms with Gasteiger partial charge in [0, 0.05) is 6.54 Å². The highest BCUT2D eigenvalue weighted by molar-refractivity contribution is 4.82. The summed E-state index contributed by atoms with van der Waals surface area (Å²) >= 11 is 0. The normalized spacial score (nSPS) is 12.8. The quantitative estimate of drug-likeness (QED) is 0.600. The molecule has 3 nitrogen and oxygen atoms in total. The molecule has 0 saturated heterocycles. The van der Waals surface area contributed by atoms with Gasteiger partial charge in [-0.05, 0) is 40.0 Å². The van der Waals surface area contributed by atoms with E-state index in [-0.39, 0.29) is 5.92 Å². The lowest BCUT2D eigenvalue weighted by molar-refractivity contribution is 0.391. The zero-order valence-electron chi connectivity index (χ0n) is 9.01. The van der Waals surface area contributed by atoms with Gasteiger partial charge in [0.05, 0.1) is 12.0 Å². The van der Waals surface area contributed by atoms with Gasteiger partial charge in [-0.1, -0.05) is 6.92 Å². The average molecular weight is 183 g/mol. The standard InChI is InChI=1S/C10H21N3/c1-4-10(8-11)9-12-6-5-7-13(2)3/h10,12H,4-7,9H2,1-3H3. The summed E-state index contributed by atoms with van der Waals surface area (Å²) < 4.78 is 0. The van der Waals surface area contributed by atoms with E-state index >= 15 is 0 Å². The summed E-state index contributed by atoms with van der Waals surface area (Å²) in [6.07, 6.45) is 2.09. The van der Waals surface area contributed by atoms with E-state index in [1.54, 1.807) is 0 Å². The number of nitriles is 1. The fraction of sp³-hybridized carbons (Fsp3) is 0.900. The molecule has 1 atom stereocenters. The largest absolute Gasteiger partial charge is 0.315 e. The maximum atomic E-state index is 8.67. The molecule has 0 aromatic heterocycles. The molecule has 0 aliphatic heterocycles. The van der Waals surface area contributed by atoms with Crippen molar-refractivity contribution in [3.05, 3.63) is 0 Å². The molecule has 0 fully saturated rings. The number of nitrogens with one attached hydrogen (secondary N) is 1. The van der Waals surface area contributed by atoms with E-state index in [2.05, 4.69) is 37.3 Å². The van der Waals surface area contributed by atoms with Crippen molar-refractivity contribution in [2.75, 3.05) is 33.7 Å². The van der Waals surface area contributed by atoms with E-state index in [0.29, 0.717) is 0 Å². The Morgan fingerprint density at radius 3 is 2.62 bits per heavy atom. The molecule has 0 bridgehead atoms. The molecular formula is C10H21N3. The number of nitrogens with zero attached hydrogens (tertiary/aromatic N) is 2. The van der Waals surface area contributed by atoms with Crippen LogP contribution in [0.2, 0.25) is 0 Å². The smallest absolute Gasteiger partial charge is 0.0669 e. The van der Waals surface area contributed by atoms with Gasteiger partial charge >= 0.3 is 0 Å². The summed E-state index contributed by atoms with van der Waals surface area (Å²) in [5.74, 6) is 0.180. The summed E-state index contributed by atoms with van der Waals surface area (Å²) in [5.41, 5.74) is 0. The molecule has 0 aromatic rings. The van der Waals surface area contributed by atoms with Gasteiger partial charge in [-0.15, -0.1) is 0 Å². The minimum Gasteiger partial charge on any atom is -0.315 e. The van der Waals surface area contributed by atoms with Crippen molar-refractivity contribution < 1.29 is 0 Å². The van der Waals surface area contributed by atoms with Crippen molar-refractivity contribution in [3.63, 3.8) is 0 Å². The lowest BCUT2D eigenvalue weighted by Crippen LogP contribution is -2.25. The molecule has 0 aliphatic rings. The van der Waals surface area contributed by atoms with Crippen LogP contribution in [0.3, 0.4) is 0 Å². The fourth-order valence-corrected chi connectivity index (χ4v) is 1.08. The summed E-state index contributed by atoms with van der Waals surface area (Å²) in [7, 11) is 4.15.